The van der Waals surface area contributed by atoms with Crippen molar-refractivity contribution in [2.45, 2.75) is 45.3 Å². The first-order valence-electron chi connectivity index (χ1n) is 5.30. The van der Waals surface area contributed by atoms with Gasteiger partial charge in [0.25, 0.3) is 0 Å². The molecule has 5 nitrogen and oxygen atoms in total. The number of hydrogen-bond donors (Lipinski definition) is 3. The summed E-state index contributed by atoms with van der Waals surface area (Å²) in [6, 6.07) is 0.0900. The van der Waals surface area contributed by atoms with E-state index >= 15 is 0 Å². The van der Waals surface area contributed by atoms with E-state index in [1.807, 2.05) is 6.92 Å². The van der Waals surface area contributed by atoms with Gasteiger partial charge in [0.2, 0.25) is 0 Å². The molecule has 0 radical (unpaired) electrons. The van der Waals surface area contributed by atoms with Crippen molar-refractivity contribution >= 4 is 0 Å². The molecule has 86 valence electrons. The Morgan fingerprint density at radius 3 is 2.87 bits per heavy atom. The molecule has 1 aromatic rings. The van der Waals surface area contributed by atoms with Crippen LogP contribution in [0, 0.1) is 0 Å². The topological polar surface area (TPSA) is 73.8 Å². The first kappa shape index (κ1) is 12.1. The van der Waals surface area contributed by atoms with Crippen molar-refractivity contribution in [3.05, 3.63) is 12.2 Å². The standard InChI is InChI=1S/C10H20N4O/c1-8(10(2,3)15)11-6-4-5-9-12-7-13-14-9/h7-8,11,15H,4-6H2,1-3H3,(H,12,13,14). The minimum absolute atomic E-state index is 0.0900. The molecular weight excluding hydrogens is 192 g/mol. The third-order valence-corrected chi connectivity index (χ3v) is 2.57. The smallest absolute Gasteiger partial charge is 0.137 e. The van der Waals surface area contributed by atoms with E-state index in [0.717, 1.165) is 25.2 Å². The van der Waals surface area contributed by atoms with E-state index < -0.39 is 5.60 Å². The molecule has 0 saturated carbocycles. The Balaban J connectivity index is 2.12. The maximum absolute atomic E-state index is 9.68. The maximum Gasteiger partial charge on any atom is 0.137 e. The van der Waals surface area contributed by atoms with Gasteiger partial charge in [-0.1, -0.05) is 0 Å². The van der Waals surface area contributed by atoms with Gasteiger partial charge in [0.15, 0.2) is 0 Å². The number of nitrogens with one attached hydrogen (secondary N) is 2. The van der Waals surface area contributed by atoms with Gasteiger partial charge in [-0.25, -0.2) is 4.98 Å². The molecule has 0 saturated heterocycles. The van der Waals surface area contributed by atoms with Crippen LogP contribution in [0.1, 0.15) is 33.0 Å². The Morgan fingerprint density at radius 1 is 1.60 bits per heavy atom. The Bertz CT molecular complexity index is 265. The Hall–Kier alpha value is -0.940. The summed E-state index contributed by atoms with van der Waals surface area (Å²) in [5.41, 5.74) is -0.674. The van der Waals surface area contributed by atoms with Crippen LogP contribution in [0.15, 0.2) is 6.33 Å². The second kappa shape index (κ2) is 5.23. The third kappa shape index (κ3) is 4.40. The van der Waals surface area contributed by atoms with Crippen LogP contribution in [0.2, 0.25) is 0 Å². The van der Waals surface area contributed by atoms with E-state index in [1.165, 1.54) is 6.33 Å². The summed E-state index contributed by atoms with van der Waals surface area (Å²) in [5, 5.41) is 19.5. The van der Waals surface area contributed by atoms with Crippen molar-refractivity contribution in [2.24, 2.45) is 0 Å². The SMILES string of the molecule is CC(NCCCc1ncn[nH]1)C(C)(C)O. The highest BCUT2D eigenvalue weighted by atomic mass is 16.3. The van der Waals surface area contributed by atoms with Crippen molar-refractivity contribution in [2.75, 3.05) is 6.54 Å². The van der Waals surface area contributed by atoms with Crippen LogP contribution < -0.4 is 5.32 Å². The molecule has 0 fully saturated rings. The van der Waals surface area contributed by atoms with E-state index in [1.54, 1.807) is 13.8 Å². The minimum atomic E-state index is -0.674. The average molecular weight is 212 g/mol. The Labute approximate surface area is 90.3 Å². The number of rotatable bonds is 6. The summed E-state index contributed by atoms with van der Waals surface area (Å²) < 4.78 is 0. The number of hydrogen-bond acceptors (Lipinski definition) is 4. The molecule has 0 aliphatic heterocycles. The van der Waals surface area contributed by atoms with Crippen LogP contribution in [-0.4, -0.2) is 38.5 Å². The molecular formula is C10H20N4O. The number of aliphatic hydroxyl groups is 1. The lowest BCUT2D eigenvalue weighted by molar-refractivity contribution is 0.0444. The van der Waals surface area contributed by atoms with Gasteiger partial charge < -0.3 is 10.4 Å². The molecule has 1 heterocycles. The summed E-state index contributed by atoms with van der Waals surface area (Å²) in [6.07, 6.45) is 3.38. The Kier molecular flexibility index (Phi) is 4.23. The molecule has 0 amide bonds. The van der Waals surface area contributed by atoms with Crippen molar-refractivity contribution in [3.8, 4) is 0 Å². The molecule has 15 heavy (non-hydrogen) atoms. The van der Waals surface area contributed by atoms with Crippen LogP contribution >= 0.6 is 0 Å². The normalized spacial score (nSPS) is 14.1. The predicted molar refractivity (Wildman–Crippen MR) is 58.5 cm³/mol. The van der Waals surface area contributed by atoms with Gasteiger partial charge in [-0.3, -0.25) is 5.10 Å². The average Bonchev–Trinajstić information content (AvgIpc) is 2.63. The largest absolute Gasteiger partial charge is 0.389 e. The summed E-state index contributed by atoms with van der Waals surface area (Å²) in [4.78, 5) is 4.04. The fraction of sp³-hybridized carbons (Fsp3) is 0.800. The molecule has 0 aromatic carbocycles. The number of aryl methyl sites for hydroxylation is 1. The third-order valence-electron chi connectivity index (χ3n) is 2.57. The summed E-state index contributed by atoms with van der Waals surface area (Å²) >= 11 is 0. The van der Waals surface area contributed by atoms with Crippen molar-refractivity contribution < 1.29 is 5.11 Å². The summed E-state index contributed by atoms with van der Waals surface area (Å²) in [6.45, 7) is 6.46. The van der Waals surface area contributed by atoms with Gasteiger partial charge in [0.1, 0.15) is 12.2 Å². The van der Waals surface area contributed by atoms with E-state index in [9.17, 15) is 5.11 Å². The lowest BCUT2D eigenvalue weighted by atomic mass is 10.0. The first-order chi connectivity index (χ1) is 7.00. The molecule has 3 N–H and O–H groups in total. The van der Waals surface area contributed by atoms with Crippen LogP contribution in [0.4, 0.5) is 0 Å². The second-order valence-corrected chi connectivity index (χ2v) is 4.37. The Morgan fingerprint density at radius 2 is 2.33 bits per heavy atom. The van der Waals surface area contributed by atoms with Gasteiger partial charge in [0, 0.05) is 12.5 Å². The quantitative estimate of drug-likeness (QED) is 0.600. The minimum Gasteiger partial charge on any atom is -0.389 e. The zero-order chi connectivity index (χ0) is 11.3. The monoisotopic (exact) mass is 212 g/mol. The first-order valence-corrected chi connectivity index (χ1v) is 5.30. The van der Waals surface area contributed by atoms with Gasteiger partial charge >= 0.3 is 0 Å². The van der Waals surface area contributed by atoms with E-state index in [-0.39, 0.29) is 6.04 Å². The molecule has 1 rings (SSSR count). The molecule has 0 aliphatic carbocycles. The zero-order valence-electron chi connectivity index (χ0n) is 9.62. The fourth-order valence-electron chi connectivity index (χ4n) is 1.18. The van der Waals surface area contributed by atoms with Gasteiger partial charge in [0.05, 0.1) is 5.60 Å². The maximum atomic E-state index is 9.68. The molecule has 1 atom stereocenters. The van der Waals surface area contributed by atoms with E-state index in [0.29, 0.717) is 0 Å². The van der Waals surface area contributed by atoms with Crippen LogP contribution in [0.5, 0.6) is 0 Å². The number of H-pyrrole nitrogens is 1. The molecule has 0 spiro atoms. The summed E-state index contributed by atoms with van der Waals surface area (Å²) in [7, 11) is 0. The van der Waals surface area contributed by atoms with Crippen molar-refractivity contribution in [3.63, 3.8) is 0 Å². The van der Waals surface area contributed by atoms with Crippen LogP contribution in [-0.2, 0) is 6.42 Å². The number of aromatic amines is 1. The molecule has 0 bridgehead atoms. The number of aromatic nitrogens is 3. The molecule has 0 aliphatic rings. The van der Waals surface area contributed by atoms with Crippen LogP contribution in [0.25, 0.3) is 0 Å². The highest BCUT2D eigenvalue weighted by Gasteiger charge is 2.20. The van der Waals surface area contributed by atoms with E-state index in [2.05, 4.69) is 20.5 Å². The van der Waals surface area contributed by atoms with Crippen LogP contribution in [0.3, 0.4) is 0 Å². The van der Waals surface area contributed by atoms with E-state index in [4.69, 9.17) is 0 Å². The molecule has 5 heteroatoms. The lowest BCUT2D eigenvalue weighted by Gasteiger charge is -2.26. The highest BCUT2D eigenvalue weighted by molar-refractivity contribution is 4.82. The molecule has 1 unspecified atom stereocenters. The predicted octanol–water partition coefficient (Wildman–Crippen LogP) is 0.486. The number of nitrogens with zero attached hydrogens (tertiary/aromatic N) is 2. The second-order valence-electron chi connectivity index (χ2n) is 4.37. The van der Waals surface area contributed by atoms with Gasteiger partial charge in [-0.15, -0.1) is 0 Å². The summed E-state index contributed by atoms with van der Waals surface area (Å²) in [5.74, 6) is 0.910. The van der Waals surface area contributed by atoms with Crippen molar-refractivity contribution in [1.82, 2.24) is 20.5 Å². The highest BCUT2D eigenvalue weighted by Crippen LogP contribution is 2.07. The fourth-order valence-corrected chi connectivity index (χ4v) is 1.18. The van der Waals surface area contributed by atoms with Crippen molar-refractivity contribution in [1.29, 1.82) is 0 Å². The molecule has 1 aromatic heterocycles. The lowest BCUT2D eigenvalue weighted by Crippen LogP contribution is -2.44. The van der Waals surface area contributed by atoms with Gasteiger partial charge in [-0.2, -0.15) is 5.10 Å². The zero-order valence-corrected chi connectivity index (χ0v) is 9.62. The van der Waals surface area contributed by atoms with Gasteiger partial charge in [-0.05, 0) is 33.7 Å².